The molecule has 0 amide bonds. The number of hydrogen-bond donors (Lipinski definition) is 1. The average Bonchev–Trinajstić information content (AvgIpc) is 3.39. The first-order chi connectivity index (χ1) is 21.7. The summed E-state index contributed by atoms with van der Waals surface area (Å²) in [5, 5.41) is 9.23. The SMILES string of the molecule is C=C(C)C(=O)OCC(CC[C@H]1CC[C@@]2(C)[C@@H](CC[C@@H]3[C@@H]2CC[C@]2(C)[C@@H]([C@H](C)CC[C@@H](C)C(C)C)CC[C@@H]32)C1)COC(=O)C(=C)CO. The molecular formula is C41H68O5. The van der Waals surface area contributed by atoms with Crippen LogP contribution in [0.1, 0.15) is 132 Å². The lowest BCUT2D eigenvalue weighted by Gasteiger charge is -2.61. The van der Waals surface area contributed by atoms with Gasteiger partial charge in [0, 0.05) is 11.5 Å². The fraction of sp³-hybridized carbons (Fsp3) is 0.854. The minimum atomic E-state index is -0.587. The highest BCUT2D eigenvalue weighted by atomic mass is 16.5. The molecule has 0 aromatic carbocycles. The molecule has 5 heteroatoms. The zero-order chi connectivity index (χ0) is 33.8. The molecule has 4 saturated carbocycles. The van der Waals surface area contributed by atoms with Crippen LogP contribution in [-0.4, -0.2) is 36.9 Å². The standard InChI is InChI=1S/C41H68O5/c1-26(2)28(5)10-11-29(6)35-16-17-36-34-15-14-33-22-31(18-20-40(33,8)37(34)19-21-41(35,36)9)12-13-32(24-45-38(43)27(3)4)25-46-39(44)30(7)23-42/h26,28-29,31-37,42H,3,7,10-25H2,1-2,4-6,8-9H3/t28-,29-,31+,32?,33+,34+,35-,36+,37+,40+,41-/m1/s1. The van der Waals surface area contributed by atoms with Gasteiger partial charge in [0.05, 0.1) is 25.4 Å². The van der Waals surface area contributed by atoms with E-state index in [2.05, 4.69) is 54.7 Å². The monoisotopic (exact) mass is 641 g/mol. The number of ether oxygens (including phenoxy) is 2. The number of esters is 2. The van der Waals surface area contributed by atoms with Crippen LogP contribution in [-0.2, 0) is 19.1 Å². The Morgan fingerprint density at radius 1 is 0.826 bits per heavy atom. The minimum Gasteiger partial charge on any atom is -0.462 e. The van der Waals surface area contributed by atoms with E-state index in [4.69, 9.17) is 9.47 Å². The second kappa shape index (κ2) is 15.7. The summed E-state index contributed by atoms with van der Waals surface area (Å²) < 4.78 is 10.9. The number of hydrogen-bond acceptors (Lipinski definition) is 5. The summed E-state index contributed by atoms with van der Waals surface area (Å²) in [7, 11) is 0. The van der Waals surface area contributed by atoms with Crippen LogP contribution in [0.3, 0.4) is 0 Å². The van der Waals surface area contributed by atoms with E-state index in [1.54, 1.807) is 6.92 Å². The van der Waals surface area contributed by atoms with Crippen LogP contribution in [0.15, 0.2) is 24.3 Å². The third-order valence-corrected chi connectivity index (χ3v) is 14.5. The Morgan fingerprint density at radius 2 is 1.48 bits per heavy atom. The molecule has 46 heavy (non-hydrogen) atoms. The molecule has 0 aromatic rings. The van der Waals surface area contributed by atoms with Crippen molar-refractivity contribution in [3.05, 3.63) is 24.3 Å². The Kier molecular flexibility index (Phi) is 12.7. The summed E-state index contributed by atoms with van der Waals surface area (Å²) in [5.74, 6) is 6.48. The fourth-order valence-corrected chi connectivity index (χ4v) is 11.0. The van der Waals surface area contributed by atoms with Gasteiger partial charge in [0.15, 0.2) is 0 Å². The minimum absolute atomic E-state index is 0.0433. The Morgan fingerprint density at radius 3 is 2.13 bits per heavy atom. The van der Waals surface area contributed by atoms with E-state index in [0.717, 1.165) is 60.2 Å². The highest BCUT2D eigenvalue weighted by molar-refractivity contribution is 5.88. The van der Waals surface area contributed by atoms with Crippen LogP contribution in [0, 0.1) is 70.0 Å². The largest absolute Gasteiger partial charge is 0.462 e. The lowest BCUT2D eigenvalue weighted by molar-refractivity contribution is -0.144. The van der Waals surface area contributed by atoms with E-state index in [1.807, 2.05) is 0 Å². The van der Waals surface area contributed by atoms with Gasteiger partial charge in [-0.25, -0.2) is 9.59 Å². The molecule has 1 N–H and O–H groups in total. The third-order valence-electron chi connectivity index (χ3n) is 14.5. The van der Waals surface area contributed by atoms with Crippen LogP contribution in [0.5, 0.6) is 0 Å². The summed E-state index contributed by atoms with van der Waals surface area (Å²) in [5.41, 5.74) is 1.42. The Bertz CT molecular complexity index is 1080. The third kappa shape index (κ3) is 8.15. The normalized spacial score (nSPS) is 35.7. The van der Waals surface area contributed by atoms with Crippen LogP contribution in [0.2, 0.25) is 0 Å². The molecule has 11 atom stereocenters. The predicted molar refractivity (Wildman–Crippen MR) is 187 cm³/mol. The number of aliphatic hydroxyl groups is 1. The second-order valence-electron chi connectivity index (χ2n) is 17.5. The first-order valence-corrected chi connectivity index (χ1v) is 19.0. The molecule has 0 aliphatic heterocycles. The molecule has 262 valence electrons. The lowest BCUT2D eigenvalue weighted by atomic mass is 9.44. The van der Waals surface area contributed by atoms with Crippen LogP contribution in [0.25, 0.3) is 0 Å². The smallest absolute Gasteiger partial charge is 0.335 e. The van der Waals surface area contributed by atoms with Crippen molar-refractivity contribution in [1.82, 2.24) is 0 Å². The van der Waals surface area contributed by atoms with Crippen LogP contribution >= 0.6 is 0 Å². The van der Waals surface area contributed by atoms with Crippen molar-refractivity contribution < 1.29 is 24.2 Å². The molecule has 4 rings (SSSR count). The van der Waals surface area contributed by atoms with Crippen molar-refractivity contribution in [2.45, 2.75) is 132 Å². The molecule has 4 aliphatic rings. The molecule has 0 heterocycles. The second-order valence-corrected chi connectivity index (χ2v) is 17.5. The van der Waals surface area contributed by atoms with Crippen LogP contribution < -0.4 is 0 Å². The maximum Gasteiger partial charge on any atom is 0.335 e. The lowest BCUT2D eigenvalue weighted by Crippen LogP contribution is -2.53. The summed E-state index contributed by atoms with van der Waals surface area (Å²) in [6.45, 7) is 24.0. The molecule has 0 aromatic heterocycles. The topological polar surface area (TPSA) is 72.8 Å². The van der Waals surface area contributed by atoms with Gasteiger partial charge < -0.3 is 14.6 Å². The van der Waals surface area contributed by atoms with Crippen molar-refractivity contribution >= 4 is 11.9 Å². The summed E-state index contributed by atoms with van der Waals surface area (Å²) in [4.78, 5) is 24.2. The molecule has 4 aliphatic carbocycles. The molecule has 0 saturated heterocycles. The van der Waals surface area contributed by atoms with Crippen molar-refractivity contribution in [2.75, 3.05) is 19.8 Å². The van der Waals surface area contributed by atoms with Gasteiger partial charge in [-0.05, 0) is 142 Å². The van der Waals surface area contributed by atoms with Gasteiger partial charge in [-0.3, -0.25) is 0 Å². The zero-order valence-corrected chi connectivity index (χ0v) is 30.6. The molecule has 0 bridgehead atoms. The highest BCUT2D eigenvalue weighted by Crippen LogP contribution is 2.68. The van der Waals surface area contributed by atoms with E-state index in [0.29, 0.717) is 22.3 Å². The maximum absolute atomic E-state index is 12.2. The van der Waals surface area contributed by atoms with E-state index in [1.165, 1.54) is 70.6 Å². The van der Waals surface area contributed by atoms with E-state index in [-0.39, 0.29) is 24.7 Å². The number of fused-ring (bicyclic) bond motifs is 5. The Balaban J connectivity index is 1.33. The van der Waals surface area contributed by atoms with E-state index < -0.39 is 18.5 Å². The van der Waals surface area contributed by atoms with Gasteiger partial charge in [-0.15, -0.1) is 0 Å². The Hall–Kier alpha value is -1.62. The fourth-order valence-electron chi connectivity index (χ4n) is 11.0. The molecular weight excluding hydrogens is 572 g/mol. The van der Waals surface area contributed by atoms with Crippen molar-refractivity contribution in [3.63, 3.8) is 0 Å². The number of aliphatic hydroxyl groups excluding tert-OH is 1. The van der Waals surface area contributed by atoms with Gasteiger partial charge in [-0.1, -0.05) is 67.5 Å². The summed E-state index contributed by atoms with van der Waals surface area (Å²) >= 11 is 0. The highest BCUT2D eigenvalue weighted by Gasteiger charge is 2.60. The average molecular weight is 641 g/mol. The molecule has 4 fully saturated rings. The van der Waals surface area contributed by atoms with Crippen molar-refractivity contribution in [2.24, 2.45) is 70.0 Å². The number of rotatable bonds is 15. The first-order valence-electron chi connectivity index (χ1n) is 19.0. The molecule has 1 unspecified atom stereocenters. The van der Waals surface area contributed by atoms with Gasteiger partial charge in [0.25, 0.3) is 0 Å². The first kappa shape index (κ1) is 37.2. The van der Waals surface area contributed by atoms with E-state index >= 15 is 0 Å². The molecule has 0 radical (unpaired) electrons. The molecule has 5 nitrogen and oxygen atoms in total. The predicted octanol–water partition coefficient (Wildman–Crippen LogP) is 9.58. The van der Waals surface area contributed by atoms with Gasteiger partial charge >= 0.3 is 11.9 Å². The van der Waals surface area contributed by atoms with Gasteiger partial charge in [-0.2, -0.15) is 0 Å². The Labute approximate surface area is 281 Å². The summed E-state index contributed by atoms with van der Waals surface area (Å²) in [6, 6.07) is 0. The van der Waals surface area contributed by atoms with Crippen LogP contribution in [0.4, 0.5) is 0 Å². The summed E-state index contributed by atoms with van der Waals surface area (Å²) in [6.07, 6.45) is 17.2. The molecule has 0 spiro atoms. The zero-order valence-electron chi connectivity index (χ0n) is 30.6. The van der Waals surface area contributed by atoms with E-state index in [9.17, 15) is 14.7 Å². The maximum atomic E-state index is 12.2. The number of carbonyl (C=O) groups is 2. The van der Waals surface area contributed by atoms with Crippen molar-refractivity contribution in [3.8, 4) is 0 Å². The van der Waals surface area contributed by atoms with Crippen molar-refractivity contribution in [1.29, 1.82) is 0 Å². The quantitative estimate of drug-likeness (QED) is 0.143. The van der Waals surface area contributed by atoms with Gasteiger partial charge in [0.1, 0.15) is 0 Å². The van der Waals surface area contributed by atoms with Gasteiger partial charge in [0.2, 0.25) is 0 Å². The number of carbonyl (C=O) groups excluding carboxylic acids is 2.